The summed E-state index contributed by atoms with van der Waals surface area (Å²) in [5, 5.41) is 46.7. The summed E-state index contributed by atoms with van der Waals surface area (Å²) < 4.78 is 4.79. The Kier molecular flexibility index (Phi) is 3.69. The van der Waals surface area contributed by atoms with Crippen molar-refractivity contribution in [1.82, 2.24) is 0 Å². The third-order valence-corrected chi connectivity index (χ3v) is 2.37. The molecular weight excluding hydrogens is 204 g/mol. The van der Waals surface area contributed by atoms with Crippen molar-refractivity contribution in [3.8, 4) is 0 Å². The first-order valence-corrected chi connectivity index (χ1v) is 4.60. The molecule has 1 fully saturated rings. The van der Waals surface area contributed by atoms with Crippen LogP contribution in [0.15, 0.2) is 11.3 Å². The fourth-order valence-corrected chi connectivity index (χ4v) is 1.37. The van der Waals surface area contributed by atoms with Gasteiger partial charge in [-0.2, -0.15) is 0 Å². The van der Waals surface area contributed by atoms with Gasteiger partial charge in [0, 0.05) is 0 Å². The number of ether oxygens (including phenoxy) is 1. The van der Waals surface area contributed by atoms with E-state index in [0.717, 1.165) is 0 Å². The second-order valence-electron chi connectivity index (χ2n) is 3.80. The third-order valence-electron chi connectivity index (χ3n) is 2.37. The van der Waals surface area contributed by atoms with Gasteiger partial charge in [-0.15, -0.1) is 0 Å². The van der Waals surface area contributed by atoms with Gasteiger partial charge in [0.15, 0.2) is 6.29 Å². The van der Waals surface area contributed by atoms with E-state index in [-0.39, 0.29) is 5.76 Å². The number of allylic oxidation sites excluding steroid dienone is 1. The minimum atomic E-state index is -1.63. The summed E-state index contributed by atoms with van der Waals surface area (Å²) in [6, 6.07) is 0. The van der Waals surface area contributed by atoms with E-state index < -0.39 is 30.7 Å². The molecule has 88 valence electrons. The zero-order valence-corrected chi connectivity index (χ0v) is 8.53. The standard InChI is InChI=1S/C9H16O6/c1-3(2)4(10)8-6(12)5(11)7(13)9(14)15-8/h5-14H,1-2H3/t5-,6-,7-,8+,9+/m0/s1. The lowest BCUT2D eigenvalue weighted by Gasteiger charge is -2.38. The summed E-state index contributed by atoms with van der Waals surface area (Å²) in [7, 11) is 0. The maximum atomic E-state index is 9.53. The lowest BCUT2D eigenvalue weighted by molar-refractivity contribution is -0.278. The first kappa shape index (κ1) is 12.4. The number of aliphatic hydroxyl groups excluding tert-OH is 5. The highest BCUT2D eigenvalue weighted by molar-refractivity contribution is 5.11. The number of aliphatic hydroxyl groups is 5. The second-order valence-corrected chi connectivity index (χ2v) is 3.80. The van der Waals surface area contributed by atoms with E-state index in [9.17, 15) is 25.5 Å². The van der Waals surface area contributed by atoms with Crippen molar-refractivity contribution < 1.29 is 30.3 Å². The molecule has 1 aliphatic rings. The van der Waals surface area contributed by atoms with Gasteiger partial charge in [0.25, 0.3) is 0 Å². The van der Waals surface area contributed by atoms with E-state index >= 15 is 0 Å². The first-order valence-electron chi connectivity index (χ1n) is 4.60. The molecule has 0 radical (unpaired) electrons. The van der Waals surface area contributed by atoms with Gasteiger partial charge in [0.05, 0.1) is 0 Å². The van der Waals surface area contributed by atoms with E-state index in [1.54, 1.807) is 13.8 Å². The molecule has 1 heterocycles. The Balaban J connectivity index is 2.89. The van der Waals surface area contributed by atoms with Crippen molar-refractivity contribution in [2.45, 2.75) is 44.6 Å². The highest BCUT2D eigenvalue weighted by atomic mass is 16.6. The highest BCUT2D eigenvalue weighted by Gasteiger charge is 2.44. The van der Waals surface area contributed by atoms with Gasteiger partial charge >= 0.3 is 0 Å². The van der Waals surface area contributed by atoms with Crippen LogP contribution in [0, 0.1) is 0 Å². The van der Waals surface area contributed by atoms with Crippen LogP contribution in [-0.4, -0.2) is 56.2 Å². The molecule has 5 N–H and O–H groups in total. The van der Waals surface area contributed by atoms with Crippen molar-refractivity contribution >= 4 is 0 Å². The summed E-state index contributed by atoms with van der Waals surface area (Å²) in [4.78, 5) is 0. The summed E-state index contributed by atoms with van der Waals surface area (Å²) in [5.74, 6) is -0.257. The summed E-state index contributed by atoms with van der Waals surface area (Å²) in [6.45, 7) is 3.18. The molecule has 0 aromatic carbocycles. The van der Waals surface area contributed by atoms with Crippen LogP contribution in [-0.2, 0) is 4.74 Å². The molecular formula is C9H16O6. The fraction of sp³-hybridized carbons (Fsp3) is 0.778. The van der Waals surface area contributed by atoms with Gasteiger partial charge in [0.2, 0.25) is 0 Å². The third kappa shape index (κ3) is 2.30. The van der Waals surface area contributed by atoms with Crippen molar-refractivity contribution in [3.63, 3.8) is 0 Å². The Hall–Kier alpha value is -0.660. The van der Waals surface area contributed by atoms with Crippen LogP contribution in [0.4, 0.5) is 0 Å². The normalized spacial score (nSPS) is 41.3. The van der Waals surface area contributed by atoms with Gasteiger partial charge in [-0.1, -0.05) is 0 Å². The summed E-state index contributed by atoms with van der Waals surface area (Å²) in [5.41, 5.74) is 0.495. The molecule has 6 heteroatoms. The lowest BCUT2D eigenvalue weighted by atomic mass is 9.96. The molecule has 5 atom stereocenters. The molecule has 0 bridgehead atoms. The monoisotopic (exact) mass is 220 g/mol. The van der Waals surface area contributed by atoms with Crippen molar-refractivity contribution in [2.24, 2.45) is 0 Å². The predicted octanol–water partition coefficient (Wildman–Crippen LogP) is -1.36. The van der Waals surface area contributed by atoms with E-state index in [0.29, 0.717) is 5.57 Å². The van der Waals surface area contributed by atoms with E-state index in [1.165, 1.54) is 0 Å². The SMILES string of the molecule is CC(C)=C(O)[C@H]1O[C@@H](O)[C@@H](O)[C@@H](O)[C@@H]1O. The molecule has 1 rings (SSSR count). The average Bonchev–Trinajstić information content (AvgIpc) is 2.19. The number of rotatable bonds is 1. The lowest BCUT2D eigenvalue weighted by Crippen LogP contribution is -2.58. The Morgan fingerprint density at radius 2 is 1.47 bits per heavy atom. The molecule has 0 saturated carbocycles. The van der Waals surface area contributed by atoms with Crippen LogP contribution in [0.1, 0.15) is 13.8 Å². The summed E-state index contributed by atoms with van der Waals surface area (Å²) in [6.07, 6.45) is -7.46. The molecule has 0 aromatic rings. The second kappa shape index (κ2) is 4.46. The van der Waals surface area contributed by atoms with E-state index in [4.69, 9.17) is 4.74 Å². The van der Waals surface area contributed by atoms with Gasteiger partial charge in [-0.25, -0.2) is 0 Å². The van der Waals surface area contributed by atoms with Crippen LogP contribution in [0.25, 0.3) is 0 Å². The van der Waals surface area contributed by atoms with Crippen LogP contribution < -0.4 is 0 Å². The number of hydrogen-bond acceptors (Lipinski definition) is 6. The highest BCUT2D eigenvalue weighted by Crippen LogP contribution is 2.24. The van der Waals surface area contributed by atoms with Gasteiger partial charge < -0.3 is 30.3 Å². The largest absolute Gasteiger partial charge is 0.510 e. The smallest absolute Gasteiger partial charge is 0.184 e. The van der Waals surface area contributed by atoms with Crippen molar-refractivity contribution in [2.75, 3.05) is 0 Å². The van der Waals surface area contributed by atoms with E-state index in [2.05, 4.69) is 0 Å². The topological polar surface area (TPSA) is 110 Å². The Bertz CT molecular complexity index is 259. The molecule has 6 nitrogen and oxygen atoms in total. The Labute approximate surface area is 87.0 Å². The fourth-order valence-electron chi connectivity index (χ4n) is 1.37. The van der Waals surface area contributed by atoms with Crippen molar-refractivity contribution in [3.05, 3.63) is 11.3 Å². The van der Waals surface area contributed by atoms with E-state index in [1.807, 2.05) is 0 Å². The minimum Gasteiger partial charge on any atom is -0.510 e. The first-order chi connectivity index (χ1) is 6.86. The van der Waals surface area contributed by atoms with Gasteiger partial charge in [0.1, 0.15) is 30.2 Å². The molecule has 15 heavy (non-hydrogen) atoms. The zero-order valence-electron chi connectivity index (χ0n) is 8.53. The molecule has 0 aliphatic carbocycles. The van der Waals surface area contributed by atoms with Crippen LogP contribution >= 0.6 is 0 Å². The Morgan fingerprint density at radius 1 is 0.933 bits per heavy atom. The molecule has 0 aromatic heterocycles. The van der Waals surface area contributed by atoms with Crippen LogP contribution in [0.3, 0.4) is 0 Å². The minimum absolute atomic E-state index is 0.257. The van der Waals surface area contributed by atoms with Gasteiger partial charge in [-0.3, -0.25) is 0 Å². The molecule has 1 aliphatic heterocycles. The average molecular weight is 220 g/mol. The van der Waals surface area contributed by atoms with Crippen LogP contribution in [0.5, 0.6) is 0 Å². The molecule has 0 unspecified atom stereocenters. The maximum absolute atomic E-state index is 9.53. The zero-order chi connectivity index (χ0) is 11.7. The summed E-state index contributed by atoms with van der Waals surface area (Å²) >= 11 is 0. The molecule has 0 spiro atoms. The number of hydrogen-bond donors (Lipinski definition) is 5. The van der Waals surface area contributed by atoms with Crippen molar-refractivity contribution in [1.29, 1.82) is 0 Å². The Morgan fingerprint density at radius 3 is 1.93 bits per heavy atom. The maximum Gasteiger partial charge on any atom is 0.184 e. The molecule has 1 saturated heterocycles. The quantitative estimate of drug-likeness (QED) is 0.349. The predicted molar refractivity (Wildman–Crippen MR) is 49.9 cm³/mol. The van der Waals surface area contributed by atoms with Gasteiger partial charge in [-0.05, 0) is 19.4 Å². The van der Waals surface area contributed by atoms with Crippen LogP contribution in [0.2, 0.25) is 0 Å². The molecule has 0 amide bonds.